The van der Waals surface area contributed by atoms with Gasteiger partial charge in [-0.3, -0.25) is 11.3 Å². The molecule has 2 rings (SSSR count). The van der Waals surface area contributed by atoms with Gasteiger partial charge in [0.05, 0.1) is 0 Å². The van der Waals surface area contributed by atoms with Crippen molar-refractivity contribution in [1.29, 1.82) is 0 Å². The van der Waals surface area contributed by atoms with Crippen molar-refractivity contribution in [3.05, 3.63) is 35.9 Å². The maximum absolute atomic E-state index is 5.95. The first-order valence-electron chi connectivity index (χ1n) is 8.18. The second-order valence-electron chi connectivity index (χ2n) is 6.65. The maximum atomic E-state index is 5.95. The third kappa shape index (κ3) is 3.42. The van der Waals surface area contributed by atoms with E-state index in [9.17, 15) is 0 Å². The second-order valence-corrected chi connectivity index (χ2v) is 6.65. The van der Waals surface area contributed by atoms with Gasteiger partial charge in [-0.2, -0.15) is 0 Å². The summed E-state index contributed by atoms with van der Waals surface area (Å²) in [5.74, 6) is 8.85. The van der Waals surface area contributed by atoms with Gasteiger partial charge in [-0.15, -0.1) is 0 Å². The maximum Gasteiger partial charge on any atom is 0.0307 e. The fourth-order valence-corrected chi connectivity index (χ4v) is 3.89. The van der Waals surface area contributed by atoms with Crippen molar-refractivity contribution in [2.45, 2.75) is 58.4 Å². The average molecular weight is 274 g/mol. The third-order valence-corrected chi connectivity index (χ3v) is 5.44. The summed E-state index contributed by atoms with van der Waals surface area (Å²) >= 11 is 0. The van der Waals surface area contributed by atoms with Crippen LogP contribution in [0.5, 0.6) is 0 Å². The summed E-state index contributed by atoms with van der Waals surface area (Å²) < 4.78 is 0. The molecular weight excluding hydrogens is 244 g/mol. The molecule has 0 bridgehead atoms. The van der Waals surface area contributed by atoms with Crippen LogP contribution in [0.3, 0.4) is 0 Å². The fraction of sp³-hybridized carbons (Fsp3) is 0.667. The molecule has 0 spiro atoms. The number of nitrogens with two attached hydrogens (primary N) is 1. The molecule has 112 valence electrons. The van der Waals surface area contributed by atoms with Crippen LogP contribution in [-0.4, -0.2) is 6.04 Å². The Hall–Kier alpha value is -0.860. The molecule has 2 nitrogen and oxygen atoms in total. The zero-order valence-electron chi connectivity index (χ0n) is 13.2. The number of hydrazine groups is 1. The molecule has 2 heteroatoms. The smallest absolute Gasteiger partial charge is 0.0307 e. The van der Waals surface area contributed by atoms with Crippen molar-refractivity contribution in [1.82, 2.24) is 5.43 Å². The highest BCUT2D eigenvalue weighted by atomic mass is 15.2. The highest BCUT2D eigenvalue weighted by molar-refractivity contribution is 5.21. The summed E-state index contributed by atoms with van der Waals surface area (Å²) in [4.78, 5) is 0. The lowest BCUT2D eigenvalue weighted by atomic mass is 9.69. The molecule has 1 aromatic carbocycles. The Morgan fingerprint density at radius 3 is 2.40 bits per heavy atom. The number of hydrogen-bond acceptors (Lipinski definition) is 2. The summed E-state index contributed by atoms with van der Waals surface area (Å²) in [5, 5.41) is 0. The molecule has 1 fully saturated rings. The quantitative estimate of drug-likeness (QED) is 0.627. The first-order valence-corrected chi connectivity index (χ1v) is 8.18. The van der Waals surface area contributed by atoms with Gasteiger partial charge in [-0.25, -0.2) is 0 Å². The van der Waals surface area contributed by atoms with Crippen molar-refractivity contribution >= 4 is 0 Å². The predicted octanol–water partition coefficient (Wildman–Crippen LogP) is 4.08. The normalized spacial score (nSPS) is 29.9. The van der Waals surface area contributed by atoms with E-state index in [-0.39, 0.29) is 0 Å². The molecule has 0 aliphatic heterocycles. The minimum Gasteiger partial charge on any atom is -0.271 e. The van der Waals surface area contributed by atoms with E-state index >= 15 is 0 Å². The van der Waals surface area contributed by atoms with Crippen LogP contribution in [0.25, 0.3) is 0 Å². The molecule has 1 saturated carbocycles. The predicted molar refractivity (Wildman–Crippen MR) is 86.3 cm³/mol. The van der Waals surface area contributed by atoms with Crippen LogP contribution >= 0.6 is 0 Å². The summed E-state index contributed by atoms with van der Waals surface area (Å²) in [6, 6.07) is 11.2. The molecule has 5 unspecified atom stereocenters. The summed E-state index contributed by atoms with van der Waals surface area (Å²) in [5.41, 5.74) is 4.58. The Labute approximate surface area is 124 Å². The van der Waals surface area contributed by atoms with Gasteiger partial charge in [0.15, 0.2) is 0 Å². The molecule has 5 atom stereocenters. The topological polar surface area (TPSA) is 38.0 Å². The molecule has 1 aromatic rings. The van der Waals surface area contributed by atoms with Crippen LogP contribution < -0.4 is 11.3 Å². The van der Waals surface area contributed by atoms with Gasteiger partial charge >= 0.3 is 0 Å². The number of hydrogen-bond donors (Lipinski definition) is 2. The Balaban J connectivity index is 2.13. The summed E-state index contributed by atoms with van der Waals surface area (Å²) in [6.07, 6.45) is 5.09. The molecule has 0 saturated heterocycles. The molecule has 0 amide bonds. The molecule has 0 aromatic heterocycles. The van der Waals surface area contributed by atoms with Gasteiger partial charge in [-0.1, -0.05) is 57.5 Å². The zero-order valence-corrected chi connectivity index (χ0v) is 13.2. The zero-order chi connectivity index (χ0) is 14.5. The van der Waals surface area contributed by atoms with E-state index in [0.717, 1.165) is 18.3 Å². The number of benzene rings is 1. The Bertz CT molecular complexity index is 390. The van der Waals surface area contributed by atoms with Crippen molar-refractivity contribution in [3.63, 3.8) is 0 Å². The van der Waals surface area contributed by atoms with E-state index in [2.05, 4.69) is 56.5 Å². The second kappa shape index (κ2) is 7.24. The van der Waals surface area contributed by atoms with E-state index in [4.69, 9.17) is 5.84 Å². The highest BCUT2D eigenvalue weighted by Crippen LogP contribution is 2.39. The van der Waals surface area contributed by atoms with Crippen molar-refractivity contribution in [2.75, 3.05) is 0 Å². The van der Waals surface area contributed by atoms with Crippen LogP contribution in [0.2, 0.25) is 0 Å². The van der Waals surface area contributed by atoms with Gasteiger partial charge in [0.1, 0.15) is 0 Å². The van der Waals surface area contributed by atoms with Crippen molar-refractivity contribution in [2.24, 2.45) is 23.6 Å². The van der Waals surface area contributed by atoms with E-state index < -0.39 is 0 Å². The van der Waals surface area contributed by atoms with Gasteiger partial charge < -0.3 is 0 Å². The van der Waals surface area contributed by atoms with E-state index in [0.29, 0.717) is 17.9 Å². The van der Waals surface area contributed by atoms with E-state index in [1.54, 1.807) is 0 Å². The largest absolute Gasteiger partial charge is 0.271 e. The van der Waals surface area contributed by atoms with Gasteiger partial charge in [0.2, 0.25) is 0 Å². The van der Waals surface area contributed by atoms with Crippen molar-refractivity contribution in [3.8, 4) is 0 Å². The van der Waals surface area contributed by atoms with Crippen LogP contribution in [-0.2, 0) is 0 Å². The van der Waals surface area contributed by atoms with Gasteiger partial charge in [0, 0.05) is 12.0 Å². The lowest BCUT2D eigenvalue weighted by molar-refractivity contribution is 0.156. The number of rotatable bonds is 5. The lowest BCUT2D eigenvalue weighted by Crippen LogP contribution is -2.47. The summed E-state index contributed by atoms with van der Waals surface area (Å²) in [7, 11) is 0. The van der Waals surface area contributed by atoms with Gasteiger partial charge in [0.25, 0.3) is 0 Å². The molecular formula is C18H30N2. The molecule has 1 aliphatic carbocycles. The fourth-order valence-electron chi connectivity index (χ4n) is 3.89. The first kappa shape index (κ1) is 15.5. The Kier molecular flexibility index (Phi) is 5.62. The van der Waals surface area contributed by atoms with Crippen LogP contribution in [0, 0.1) is 17.8 Å². The lowest BCUT2D eigenvalue weighted by Gasteiger charge is -2.39. The molecule has 20 heavy (non-hydrogen) atoms. The van der Waals surface area contributed by atoms with E-state index in [1.165, 1.54) is 24.8 Å². The first-order chi connectivity index (χ1) is 9.67. The van der Waals surface area contributed by atoms with Crippen LogP contribution in [0.15, 0.2) is 30.3 Å². The molecule has 0 radical (unpaired) electrons. The molecule has 3 N–H and O–H groups in total. The van der Waals surface area contributed by atoms with E-state index in [1.807, 2.05) is 0 Å². The standard InChI is InChI=1S/C18H30N2/c1-4-17(15-8-6-5-7-9-15)18(20-19)16-11-10-13(2)14(3)12-16/h5-9,13-14,16-18,20H,4,10-12,19H2,1-3H3. The van der Waals surface area contributed by atoms with Crippen molar-refractivity contribution < 1.29 is 0 Å². The number of nitrogens with one attached hydrogen (secondary N) is 1. The third-order valence-electron chi connectivity index (χ3n) is 5.44. The SMILES string of the molecule is CCC(c1ccccc1)C(NN)C1CCC(C)C(C)C1. The summed E-state index contributed by atoms with van der Waals surface area (Å²) in [6.45, 7) is 7.06. The minimum atomic E-state index is 0.400. The molecule has 1 aliphatic rings. The minimum absolute atomic E-state index is 0.400. The molecule has 0 heterocycles. The average Bonchev–Trinajstić information content (AvgIpc) is 2.48. The van der Waals surface area contributed by atoms with Crippen LogP contribution in [0.1, 0.15) is 57.9 Å². The Morgan fingerprint density at radius 1 is 1.15 bits per heavy atom. The Morgan fingerprint density at radius 2 is 1.85 bits per heavy atom. The van der Waals surface area contributed by atoms with Gasteiger partial charge in [-0.05, 0) is 42.6 Å². The highest BCUT2D eigenvalue weighted by Gasteiger charge is 2.33. The van der Waals surface area contributed by atoms with Crippen LogP contribution in [0.4, 0.5) is 0 Å². The monoisotopic (exact) mass is 274 g/mol.